The maximum Gasteiger partial charge on any atom is 0.252 e. The fraction of sp³-hybridized carbons (Fsp3) is 0.263. The van der Waals surface area contributed by atoms with Gasteiger partial charge in [-0.3, -0.25) is 9.59 Å². The van der Waals surface area contributed by atoms with Crippen molar-refractivity contribution in [2.75, 3.05) is 26.8 Å². The molecule has 2 aromatic carbocycles. The SMILES string of the molecule is COCCN(Cc1ccccc1)C(=O)CNC(=O)c1ccccc1I. The van der Waals surface area contributed by atoms with Crippen LogP contribution in [0.3, 0.4) is 0 Å². The van der Waals surface area contributed by atoms with Crippen LogP contribution >= 0.6 is 22.6 Å². The molecule has 0 saturated heterocycles. The van der Waals surface area contributed by atoms with Gasteiger partial charge in [0.25, 0.3) is 5.91 Å². The molecule has 0 heterocycles. The lowest BCUT2D eigenvalue weighted by Crippen LogP contribution is -2.41. The maximum absolute atomic E-state index is 12.5. The highest BCUT2D eigenvalue weighted by atomic mass is 127. The second kappa shape index (κ2) is 10.1. The normalized spacial score (nSPS) is 10.3. The first kappa shape index (κ1) is 19.4. The average molecular weight is 452 g/mol. The Hall–Kier alpha value is -1.93. The van der Waals surface area contributed by atoms with Crippen LogP contribution in [0.1, 0.15) is 15.9 Å². The molecule has 0 spiro atoms. The van der Waals surface area contributed by atoms with Crippen molar-refractivity contribution in [3.8, 4) is 0 Å². The van der Waals surface area contributed by atoms with Crippen molar-refractivity contribution in [1.82, 2.24) is 10.2 Å². The number of ether oxygens (including phenoxy) is 1. The van der Waals surface area contributed by atoms with E-state index in [0.29, 0.717) is 25.3 Å². The molecule has 0 aromatic heterocycles. The highest BCUT2D eigenvalue weighted by Crippen LogP contribution is 2.11. The average Bonchev–Trinajstić information content (AvgIpc) is 2.64. The third-order valence-electron chi connectivity index (χ3n) is 3.65. The van der Waals surface area contributed by atoms with E-state index >= 15 is 0 Å². The minimum atomic E-state index is -0.246. The summed E-state index contributed by atoms with van der Waals surface area (Å²) in [6, 6.07) is 17.0. The summed E-state index contributed by atoms with van der Waals surface area (Å²) in [6.45, 7) is 1.37. The molecule has 0 saturated carbocycles. The fourth-order valence-electron chi connectivity index (χ4n) is 2.31. The van der Waals surface area contributed by atoms with Crippen LogP contribution < -0.4 is 5.32 Å². The van der Waals surface area contributed by atoms with Gasteiger partial charge in [-0.05, 0) is 40.3 Å². The van der Waals surface area contributed by atoms with Crippen molar-refractivity contribution in [1.29, 1.82) is 0 Å². The molecule has 0 bridgehead atoms. The number of amides is 2. The number of methoxy groups -OCH3 is 1. The Kier molecular flexibility index (Phi) is 7.87. The summed E-state index contributed by atoms with van der Waals surface area (Å²) in [5, 5.41) is 2.71. The van der Waals surface area contributed by atoms with Crippen LogP contribution in [0, 0.1) is 3.57 Å². The van der Waals surface area contributed by atoms with E-state index < -0.39 is 0 Å². The van der Waals surface area contributed by atoms with Gasteiger partial charge in [0, 0.05) is 23.8 Å². The van der Waals surface area contributed by atoms with Gasteiger partial charge in [-0.2, -0.15) is 0 Å². The topological polar surface area (TPSA) is 58.6 Å². The van der Waals surface area contributed by atoms with Gasteiger partial charge in [-0.1, -0.05) is 42.5 Å². The minimum absolute atomic E-state index is 0.0413. The molecule has 0 radical (unpaired) electrons. The van der Waals surface area contributed by atoms with E-state index in [2.05, 4.69) is 27.9 Å². The summed E-state index contributed by atoms with van der Waals surface area (Å²) >= 11 is 2.11. The number of nitrogens with zero attached hydrogens (tertiary/aromatic N) is 1. The molecular formula is C19H21IN2O3. The predicted octanol–water partition coefficient (Wildman–Crippen LogP) is 2.70. The zero-order chi connectivity index (χ0) is 18.1. The molecule has 0 aliphatic heterocycles. The number of carbonyl (C=O) groups is 2. The maximum atomic E-state index is 12.5. The minimum Gasteiger partial charge on any atom is -0.383 e. The fourth-order valence-corrected chi connectivity index (χ4v) is 2.94. The first-order valence-corrected chi connectivity index (χ1v) is 9.03. The van der Waals surface area contributed by atoms with Crippen molar-refractivity contribution < 1.29 is 14.3 Å². The van der Waals surface area contributed by atoms with Crippen LogP contribution in [0.15, 0.2) is 54.6 Å². The van der Waals surface area contributed by atoms with E-state index in [1.54, 1.807) is 24.1 Å². The molecule has 6 heteroatoms. The summed E-state index contributed by atoms with van der Waals surface area (Å²) in [5.41, 5.74) is 1.61. The molecule has 0 aliphatic carbocycles. The Morgan fingerprint density at radius 2 is 1.76 bits per heavy atom. The molecule has 1 N–H and O–H groups in total. The molecule has 2 rings (SSSR count). The Morgan fingerprint density at radius 1 is 1.08 bits per heavy atom. The van der Waals surface area contributed by atoms with Crippen molar-refractivity contribution in [3.05, 3.63) is 69.3 Å². The van der Waals surface area contributed by atoms with Gasteiger partial charge in [-0.25, -0.2) is 0 Å². The molecule has 0 atom stereocenters. The van der Waals surface area contributed by atoms with E-state index in [1.807, 2.05) is 42.5 Å². The summed E-state index contributed by atoms with van der Waals surface area (Å²) in [6.07, 6.45) is 0. The number of carbonyl (C=O) groups excluding carboxylic acids is 2. The van der Waals surface area contributed by atoms with Gasteiger partial charge in [0.05, 0.1) is 18.7 Å². The Morgan fingerprint density at radius 3 is 2.44 bits per heavy atom. The quantitative estimate of drug-likeness (QED) is 0.627. The number of hydrogen-bond donors (Lipinski definition) is 1. The summed E-state index contributed by atoms with van der Waals surface area (Å²) in [7, 11) is 1.60. The number of halogens is 1. The lowest BCUT2D eigenvalue weighted by Gasteiger charge is -2.23. The van der Waals surface area contributed by atoms with Crippen LogP contribution in [0.5, 0.6) is 0 Å². The van der Waals surface area contributed by atoms with Crippen molar-refractivity contribution in [2.24, 2.45) is 0 Å². The van der Waals surface area contributed by atoms with Crippen molar-refractivity contribution in [3.63, 3.8) is 0 Å². The van der Waals surface area contributed by atoms with Crippen LogP contribution in [-0.2, 0) is 16.1 Å². The Bertz CT molecular complexity index is 707. The lowest BCUT2D eigenvalue weighted by molar-refractivity contribution is -0.131. The zero-order valence-corrected chi connectivity index (χ0v) is 16.2. The van der Waals surface area contributed by atoms with Crippen LogP contribution in [-0.4, -0.2) is 43.5 Å². The number of benzene rings is 2. The molecule has 0 fully saturated rings. The highest BCUT2D eigenvalue weighted by molar-refractivity contribution is 14.1. The second-order valence-corrected chi connectivity index (χ2v) is 6.62. The molecular weight excluding hydrogens is 431 g/mol. The van der Waals surface area contributed by atoms with Gasteiger partial charge in [-0.15, -0.1) is 0 Å². The molecule has 0 aliphatic rings. The summed E-state index contributed by atoms with van der Waals surface area (Å²) < 4.78 is 5.94. The number of rotatable bonds is 8. The molecule has 5 nitrogen and oxygen atoms in total. The van der Waals surface area contributed by atoms with Gasteiger partial charge >= 0.3 is 0 Å². The molecule has 0 unspecified atom stereocenters. The van der Waals surface area contributed by atoms with Crippen molar-refractivity contribution in [2.45, 2.75) is 6.54 Å². The van der Waals surface area contributed by atoms with E-state index in [1.165, 1.54) is 0 Å². The monoisotopic (exact) mass is 452 g/mol. The third-order valence-corrected chi connectivity index (χ3v) is 4.59. The lowest BCUT2D eigenvalue weighted by atomic mass is 10.2. The van der Waals surface area contributed by atoms with E-state index in [4.69, 9.17) is 4.74 Å². The summed E-state index contributed by atoms with van der Waals surface area (Å²) in [5.74, 6) is -0.384. The van der Waals surface area contributed by atoms with E-state index in [-0.39, 0.29) is 18.4 Å². The highest BCUT2D eigenvalue weighted by Gasteiger charge is 2.16. The Labute approximate surface area is 161 Å². The van der Waals surface area contributed by atoms with Gasteiger partial charge in [0.2, 0.25) is 5.91 Å². The molecule has 2 amide bonds. The molecule has 132 valence electrons. The number of hydrogen-bond acceptors (Lipinski definition) is 3. The third kappa shape index (κ3) is 6.13. The molecule has 2 aromatic rings. The van der Waals surface area contributed by atoms with E-state index in [0.717, 1.165) is 9.13 Å². The molecule has 25 heavy (non-hydrogen) atoms. The van der Waals surface area contributed by atoms with Gasteiger partial charge in [0.1, 0.15) is 0 Å². The van der Waals surface area contributed by atoms with Gasteiger partial charge in [0.15, 0.2) is 0 Å². The zero-order valence-electron chi connectivity index (χ0n) is 14.1. The largest absolute Gasteiger partial charge is 0.383 e. The van der Waals surface area contributed by atoms with Crippen LogP contribution in [0.4, 0.5) is 0 Å². The second-order valence-electron chi connectivity index (χ2n) is 5.46. The predicted molar refractivity (Wildman–Crippen MR) is 105 cm³/mol. The summed E-state index contributed by atoms with van der Waals surface area (Å²) in [4.78, 5) is 26.5. The van der Waals surface area contributed by atoms with Gasteiger partial charge < -0.3 is 15.0 Å². The first-order chi connectivity index (χ1) is 12.1. The van der Waals surface area contributed by atoms with E-state index in [9.17, 15) is 9.59 Å². The van der Waals surface area contributed by atoms with Crippen LogP contribution in [0.25, 0.3) is 0 Å². The smallest absolute Gasteiger partial charge is 0.252 e. The number of nitrogens with one attached hydrogen (secondary N) is 1. The van der Waals surface area contributed by atoms with Crippen LogP contribution in [0.2, 0.25) is 0 Å². The van der Waals surface area contributed by atoms with Crippen molar-refractivity contribution >= 4 is 34.4 Å². The standard InChI is InChI=1S/C19H21IN2O3/c1-25-12-11-22(14-15-7-3-2-4-8-15)18(23)13-21-19(24)16-9-5-6-10-17(16)20/h2-10H,11-14H2,1H3,(H,21,24). The Balaban J connectivity index is 1.96. The first-order valence-electron chi connectivity index (χ1n) is 7.95.